The highest BCUT2D eigenvalue weighted by atomic mass is 16.5. The van der Waals surface area contributed by atoms with E-state index in [4.69, 9.17) is 4.74 Å². The predicted molar refractivity (Wildman–Crippen MR) is 84.3 cm³/mol. The number of hydrogen-bond donors (Lipinski definition) is 1. The SMILES string of the molecule is C1CCOC1.CC(C)c1cccc(CN2CCC(O)C2)n1. The van der Waals surface area contributed by atoms with E-state index in [2.05, 4.69) is 41.9 Å². The van der Waals surface area contributed by atoms with Gasteiger partial charge in [-0.15, -0.1) is 0 Å². The third kappa shape index (κ3) is 5.73. The summed E-state index contributed by atoms with van der Waals surface area (Å²) in [5.41, 5.74) is 2.26. The molecule has 1 N–H and O–H groups in total. The van der Waals surface area contributed by atoms with Crippen molar-refractivity contribution in [2.45, 2.75) is 51.7 Å². The summed E-state index contributed by atoms with van der Waals surface area (Å²) in [6.07, 6.45) is 3.30. The number of nitrogens with zero attached hydrogens (tertiary/aromatic N) is 2. The molecule has 2 aliphatic rings. The number of aliphatic hydroxyl groups excluding tert-OH is 1. The second kappa shape index (κ2) is 8.47. The summed E-state index contributed by atoms with van der Waals surface area (Å²) in [6, 6.07) is 6.22. The first-order chi connectivity index (χ1) is 10.1. The van der Waals surface area contributed by atoms with Gasteiger partial charge in [-0.25, -0.2) is 0 Å². The van der Waals surface area contributed by atoms with Crippen molar-refractivity contribution < 1.29 is 9.84 Å². The van der Waals surface area contributed by atoms with Crippen LogP contribution in [0.2, 0.25) is 0 Å². The van der Waals surface area contributed by atoms with Crippen LogP contribution in [0.5, 0.6) is 0 Å². The number of hydrogen-bond acceptors (Lipinski definition) is 4. The molecule has 0 bridgehead atoms. The summed E-state index contributed by atoms with van der Waals surface area (Å²) in [5, 5.41) is 9.46. The van der Waals surface area contributed by atoms with E-state index < -0.39 is 0 Å². The van der Waals surface area contributed by atoms with Gasteiger partial charge in [0.25, 0.3) is 0 Å². The van der Waals surface area contributed by atoms with Gasteiger partial charge in [-0.3, -0.25) is 9.88 Å². The third-order valence-electron chi connectivity index (χ3n) is 3.88. The molecule has 2 aliphatic heterocycles. The molecule has 1 unspecified atom stereocenters. The van der Waals surface area contributed by atoms with Gasteiger partial charge >= 0.3 is 0 Å². The Bertz CT molecular complexity index is 411. The molecule has 0 aromatic carbocycles. The summed E-state index contributed by atoms with van der Waals surface area (Å²) in [4.78, 5) is 6.90. The topological polar surface area (TPSA) is 45.6 Å². The molecule has 1 aromatic heterocycles. The summed E-state index contributed by atoms with van der Waals surface area (Å²) >= 11 is 0. The molecule has 21 heavy (non-hydrogen) atoms. The van der Waals surface area contributed by atoms with Crippen LogP contribution in [-0.4, -0.2) is 47.4 Å². The van der Waals surface area contributed by atoms with E-state index >= 15 is 0 Å². The fourth-order valence-electron chi connectivity index (χ4n) is 2.60. The molecule has 0 radical (unpaired) electrons. The highest BCUT2D eigenvalue weighted by Gasteiger charge is 2.20. The Hall–Kier alpha value is -0.970. The number of likely N-dealkylation sites (tertiary alicyclic amines) is 1. The summed E-state index contributed by atoms with van der Waals surface area (Å²) in [5.74, 6) is 0.476. The van der Waals surface area contributed by atoms with Gasteiger partial charge in [-0.2, -0.15) is 0 Å². The van der Waals surface area contributed by atoms with Crippen LogP contribution in [0.4, 0.5) is 0 Å². The molecule has 0 saturated carbocycles. The molecule has 0 aliphatic carbocycles. The number of ether oxygens (including phenoxy) is 1. The Morgan fingerprint density at radius 1 is 1.33 bits per heavy atom. The van der Waals surface area contributed by atoms with Crippen molar-refractivity contribution in [3.8, 4) is 0 Å². The predicted octanol–water partition coefficient (Wildman–Crippen LogP) is 2.57. The van der Waals surface area contributed by atoms with E-state index in [1.54, 1.807) is 0 Å². The zero-order chi connectivity index (χ0) is 15.1. The minimum atomic E-state index is -0.145. The second-order valence-electron chi connectivity index (χ2n) is 6.21. The Labute approximate surface area is 128 Å². The lowest BCUT2D eigenvalue weighted by atomic mass is 10.1. The van der Waals surface area contributed by atoms with E-state index in [-0.39, 0.29) is 6.10 Å². The second-order valence-corrected chi connectivity index (χ2v) is 6.21. The van der Waals surface area contributed by atoms with E-state index in [0.29, 0.717) is 5.92 Å². The number of rotatable bonds is 3. The molecule has 3 rings (SSSR count). The highest BCUT2D eigenvalue weighted by molar-refractivity contribution is 5.14. The average molecular weight is 292 g/mol. The largest absolute Gasteiger partial charge is 0.392 e. The Kier molecular flexibility index (Phi) is 6.61. The van der Waals surface area contributed by atoms with Gasteiger partial charge in [-0.05, 0) is 37.3 Å². The van der Waals surface area contributed by atoms with Crippen LogP contribution in [0.25, 0.3) is 0 Å². The fourth-order valence-corrected chi connectivity index (χ4v) is 2.60. The minimum Gasteiger partial charge on any atom is -0.392 e. The van der Waals surface area contributed by atoms with Crippen molar-refractivity contribution >= 4 is 0 Å². The first-order valence-corrected chi connectivity index (χ1v) is 8.09. The zero-order valence-corrected chi connectivity index (χ0v) is 13.3. The third-order valence-corrected chi connectivity index (χ3v) is 3.88. The van der Waals surface area contributed by atoms with Gasteiger partial charge in [-0.1, -0.05) is 19.9 Å². The van der Waals surface area contributed by atoms with Crippen LogP contribution in [0, 0.1) is 0 Å². The summed E-state index contributed by atoms with van der Waals surface area (Å²) < 4.78 is 4.94. The molecular formula is C17H28N2O2. The molecule has 2 fully saturated rings. The van der Waals surface area contributed by atoms with Crippen molar-refractivity contribution in [1.82, 2.24) is 9.88 Å². The maximum Gasteiger partial charge on any atom is 0.0679 e. The van der Waals surface area contributed by atoms with Gasteiger partial charge in [0.2, 0.25) is 0 Å². The van der Waals surface area contributed by atoms with Crippen LogP contribution in [0.1, 0.15) is 50.4 Å². The first-order valence-electron chi connectivity index (χ1n) is 8.09. The van der Waals surface area contributed by atoms with E-state index in [1.807, 2.05) is 0 Å². The van der Waals surface area contributed by atoms with Crippen molar-refractivity contribution in [3.63, 3.8) is 0 Å². The smallest absolute Gasteiger partial charge is 0.0679 e. The lowest BCUT2D eigenvalue weighted by Crippen LogP contribution is -2.22. The molecule has 0 spiro atoms. The van der Waals surface area contributed by atoms with Crippen molar-refractivity contribution in [2.24, 2.45) is 0 Å². The van der Waals surface area contributed by atoms with E-state index in [1.165, 1.54) is 12.8 Å². The molecule has 0 amide bonds. The molecule has 1 aromatic rings. The molecule has 4 heteroatoms. The van der Waals surface area contributed by atoms with E-state index in [9.17, 15) is 5.11 Å². The van der Waals surface area contributed by atoms with Crippen molar-refractivity contribution in [2.75, 3.05) is 26.3 Å². The monoisotopic (exact) mass is 292 g/mol. The van der Waals surface area contributed by atoms with Gasteiger partial charge in [0.05, 0.1) is 11.8 Å². The number of β-amino-alcohol motifs (C(OH)–C–C–N with tert-alkyl or cyclic N) is 1. The van der Waals surface area contributed by atoms with Crippen LogP contribution in [0.3, 0.4) is 0 Å². The summed E-state index contributed by atoms with van der Waals surface area (Å²) in [7, 11) is 0. The van der Waals surface area contributed by atoms with Crippen LogP contribution in [-0.2, 0) is 11.3 Å². The molecule has 2 saturated heterocycles. The van der Waals surface area contributed by atoms with Gasteiger partial charge in [0, 0.05) is 38.5 Å². The van der Waals surface area contributed by atoms with E-state index in [0.717, 1.165) is 50.7 Å². The van der Waals surface area contributed by atoms with Crippen LogP contribution in [0.15, 0.2) is 18.2 Å². The Morgan fingerprint density at radius 2 is 2.10 bits per heavy atom. The number of aromatic nitrogens is 1. The molecule has 118 valence electrons. The maximum atomic E-state index is 9.46. The molecule has 3 heterocycles. The van der Waals surface area contributed by atoms with Gasteiger partial charge < -0.3 is 9.84 Å². The Balaban J connectivity index is 0.000000272. The molecule has 4 nitrogen and oxygen atoms in total. The van der Waals surface area contributed by atoms with Crippen LogP contribution >= 0.6 is 0 Å². The van der Waals surface area contributed by atoms with Gasteiger partial charge in [0.1, 0.15) is 0 Å². The lowest BCUT2D eigenvalue weighted by Gasteiger charge is -2.15. The summed E-state index contributed by atoms with van der Waals surface area (Å²) in [6.45, 7) is 8.94. The van der Waals surface area contributed by atoms with Crippen molar-refractivity contribution in [3.05, 3.63) is 29.6 Å². The van der Waals surface area contributed by atoms with Crippen LogP contribution < -0.4 is 0 Å². The highest BCUT2D eigenvalue weighted by Crippen LogP contribution is 2.15. The number of aliphatic hydroxyl groups is 1. The quantitative estimate of drug-likeness (QED) is 0.930. The number of pyridine rings is 1. The fraction of sp³-hybridized carbons (Fsp3) is 0.706. The normalized spacial score (nSPS) is 22.4. The Morgan fingerprint density at radius 3 is 2.62 bits per heavy atom. The van der Waals surface area contributed by atoms with Gasteiger partial charge in [0.15, 0.2) is 0 Å². The molecule has 1 atom stereocenters. The van der Waals surface area contributed by atoms with Crippen molar-refractivity contribution in [1.29, 1.82) is 0 Å². The molecular weight excluding hydrogens is 264 g/mol. The standard InChI is InChI=1S/C13H20N2O.C4H8O/c1-10(2)13-5-3-4-11(14-13)8-15-7-6-12(16)9-15;1-2-4-5-3-1/h3-5,10,12,16H,6-9H2,1-2H3;1-4H2. The maximum absolute atomic E-state index is 9.46. The average Bonchev–Trinajstić information content (AvgIpc) is 3.14. The lowest BCUT2D eigenvalue weighted by molar-refractivity contribution is 0.174. The minimum absolute atomic E-state index is 0.145. The zero-order valence-electron chi connectivity index (χ0n) is 13.3. The first kappa shape index (κ1) is 16.4.